The molecule has 1 unspecified atom stereocenters. The fourth-order valence-corrected chi connectivity index (χ4v) is 1.72. The minimum atomic E-state index is -0.749. The van der Waals surface area contributed by atoms with Crippen LogP contribution >= 0.6 is 0 Å². The summed E-state index contributed by atoms with van der Waals surface area (Å²) >= 11 is 0. The van der Waals surface area contributed by atoms with E-state index in [1.807, 2.05) is 32.9 Å². The minimum absolute atomic E-state index is 0.000694. The lowest BCUT2D eigenvalue weighted by molar-refractivity contribution is -0.0116. The summed E-state index contributed by atoms with van der Waals surface area (Å²) in [6.45, 7) is 6.21. The van der Waals surface area contributed by atoms with Crippen LogP contribution in [-0.4, -0.2) is 25.1 Å². The normalized spacial score (nSPS) is 14.1. The molecule has 0 heterocycles. The van der Waals surface area contributed by atoms with Crippen molar-refractivity contribution >= 4 is 5.78 Å². The molecule has 1 atom stereocenters. The lowest BCUT2D eigenvalue weighted by atomic mass is 9.92. The van der Waals surface area contributed by atoms with E-state index in [1.54, 1.807) is 19.2 Å². The molecule has 1 aromatic rings. The van der Waals surface area contributed by atoms with Crippen LogP contribution in [0.15, 0.2) is 24.3 Å². The van der Waals surface area contributed by atoms with Gasteiger partial charge in [0, 0.05) is 12.2 Å². The van der Waals surface area contributed by atoms with Crippen LogP contribution in [0.3, 0.4) is 0 Å². The summed E-state index contributed by atoms with van der Waals surface area (Å²) in [5.74, 6) is 0.687. The maximum atomic E-state index is 12.4. The number of Topliss-reactive ketones (excluding diaryl/α,β-unsaturated/α-hetero) is 1. The Labute approximate surface area is 103 Å². The summed E-state index contributed by atoms with van der Waals surface area (Å²) < 4.78 is 10.7. The molecule has 17 heavy (non-hydrogen) atoms. The van der Waals surface area contributed by atoms with E-state index in [0.29, 0.717) is 24.3 Å². The quantitative estimate of drug-likeness (QED) is 0.712. The molecule has 94 valence electrons. The summed E-state index contributed by atoms with van der Waals surface area (Å²) in [7, 11) is 1.59. The average molecular weight is 236 g/mol. The molecule has 0 amide bonds. The van der Waals surface area contributed by atoms with Gasteiger partial charge in [0.15, 0.2) is 5.78 Å². The molecule has 0 bridgehead atoms. The third-order valence-electron chi connectivity index (χ3n) is 2.95. The summed E-state index contributed by atoms with van der Waals surface area (Å²) in [5.41, 5.74) is -0.122. The smallest absolute Gasteiger partial charge is 0.194 e. The summed E-state index contributed by atoms with van der Waals surface area (Å²) in [6, 6.07) is 7.17. The Hall–Kier alpha value is -1.35. The van der Waals surface area contributed by atoms with Gasteiger partial charge in [-0.2, -0.15) is 0 Å². The van der Waals surface area contributed by atoms with Crippen LogP contribution in [0, 0.1) is 0 Å². The highest BCUT2D eigenvalue weighted by atomic mass is 16.5. The third-order valence-corrected chi connectivity index (χ3v) is 2.95. The molecule has 0 N–H and O–H groups in total. The van der Waals surface area contributed by atoms with Gasteiger partial charge in [-0.3, -0.25) is 4.79 Å². The van der Waals surface area contributed by atoms with Gasteiger partial charge in [0.1, 0.15) is 11.4 Å². The molecule has 0 saturated carbocycles. The summed E-state index contributed by atoms with van der Waals surface area (Å²) in [4.78, 5) is 12.4. The van der Waals surface area contributed by atoms with Crippen LogP contribution in [0.2, 0.25) is 0 Å². The Balaban J connectivity index is 3.01. The Morgan fingerprint density at radius 1 is 1.35 bits per heavy atom. The van der Waals surface area contributed by atoms with Crippen molar-refractivity contribution in [2.45, 2.75) is 32.8 Å². The summed E-state index contributed by atoms with van der Waals surface area (Å²) in [6.07, 6.45) is 0.650. The standard InChI is InChI=1S/C14H20O3/c1-5-14(3,17-6-2)13(15)11-8-7-9-12(10-11)16-4/h7-10H,5-6H2,1-4H3. The molecule has 0 fully saturated rings. The van der Waals surface area contributed by atoms with E-state index in [2.05, 4.69) is 0 Å². The first kappa shape index (κ1) is 13.7. The zero-order chi connectivity index (χ0) is 12.9. The van der Waals surface area contributed by atoms with Crippen LogP contribution < -0.4 is 4.74 Å². The molecule has 0 saturated heterocycles. The number of rotatable bonds is 6. The van der Waals surface area contributed by atoms with Crippen molar-refractivity contribution in [2.75, 3.05) is 13.7 Å². The van der Waals surface area contributed by atoms with Crippen LogP contribution in [-0.2, 0) is 4.74 Å². The molecule has 0 aliphatic carbocycles. The number of ketones is 1. The largest absolute Gasteiger partial charge is 0.497 e. The SMILES string of the molecule is CCOC(C)(CC)C(=O)c1cccc(OC)c1. The van der Waals surface area contributed by atoms with E-state index in [9.17, 15) is 4.79 Å². The first-order chi connectivity index (χ1) is 8.07. The van der Waals surface area contributed by atoms with Gasteiger partial charge in [0.2, 0.25) is 0 Å². The van der Waals surface area contributed by atoms with E-state index >= 15 is 0 Å². The van der Waals surface area contributed by atoms with Crippen molar-refractivity contribution < 1.29 is 14.3 Å². The van der Waals surface area contributed by atoms with Gasteiger partial charge >= 0.3 is 0 Å². The average Bonchev–Trinajstić information content (AvgIpc) is 2.38. The second-order valence-corrected chi connectivity index (χ2v) is 4.08. The molecule has 3 heteroatoms. The van der Waals surface area contributed by atoms with E-state index in [-0.39, 0.29) is 5.78 Å². The van der Waals surface area contributed by atoms with Crippen LogP contribution in [0.5, 0.6) is 5.75 Å². The molecule has 1 aromatic carbocycles. The number of hydrogen-bond acceptors (Lipinski definition) is 3. The van der Waals surface area contributed by atoms with E-state index in [4.69, 9.17) is 9.47 Å². The Kier molecular flexibility index (Phi) is 4.70. The van der Waals surface area contributed by atoms with Crippen molar-refractivity contribution in [1.29, 1.82) is 0 Å². The molecule has 0 spiro atoms. The summed E-state index contributed by atoms with van der Waals surface area (Å²) in [5, 5.41) is 0. The van der Waals surface area contributed by atoms with Crippen molar-refractivity contribution in [1.82, 2.24) is 0 Å². The number of hydrogen-bond donors (Lipinski definition) is 0. The molecule has 1 rings (SSSR count). The highest BCUT2D eigenvalue weighted by Crippen LogP contribution is 2.23. The second kappa shape index (κ2) is 5.82. The number of carbonyl (C=O) groups excluding carboxylic acids is 1. The van der Waals surface area contributed by atoms with Gasteiger partial charge in [0.25, 0.3) is 0 Å². The fourth-order valence-electron chi connectivity index (χ4n) is 1.72. The minimum Gasteiger partial charge on any atom is -0.497 e. The van der Waals surface area contributed by atoms with Crippen molar-refractivity contribution in [2.24, 2.45) is 0 Å². The Morgan fingerprint density at radius 3 is 2.59 bits per heavy atom. The fraction of sp³-hybridized carbons (Fsp3) is 0.500. The second-order valence-electron chi connectivity index (χ2n) is 4.08. The van der Waals surface area contributed by atoms with Gasteiger partial charge in [-0.25, -0.2) is 0 Å². The van der Waals surface area contributed by atoms with Crippen LogP contribution in [0.4, 0.5) is 0 Å². The van der Waals surface area contributed by atoms with Gasteiger partial charge < -0.3 is 9.47 Å². The van der Waals surface area contributed by atoms with E-state index < -0.39 is 5.60 Å². The van der Waals surface area contributed by atoms with E-state index in [0.717, 1.165) is 0 Å². The maximum absolute atomic E-state index is 12.4. The lowest BCUT2D eigenvalue weighted by Gasteiger charge is -2.26. The van der Waals surface area contributed by atoms with Crippen molar-refractivity contribution in [3.63, 3.8) is 0 Å². The Bertz CT molecular complexity index is 387. The van der Waals surface area contributed by atoms with Crippen molar-refractivity contribution in [3.8, 4) is 5.75 Å². The maximum Gasteiger partial charge on any atom is 0.194 e. The third kappa shape index (κ3) is 3.07. The number of benzene rings is 1. The number of ether oxygens (including phenoxy) is 2. The molecule has 0 aliphatic heterocycles. The molecule has 0 radical (unpaired) electrons. The number of carbonyl (C=O) groups is 1. The predicted molar refractivity (Wildman–Crippen MR) is 67.6 cm³/mol. The molecule has 3 nitrogen and oxygen atoms in total. The first-order valence-corrected chi connectivity index (χ1v) is 5.90. The van der Waals surface area contributed by atoms with Crippen LogP contribution in [0.25, 0.3) is 0 Å². The lowest BCUT2D eigenvalue weighted by Crippen LogP contribution is -2.37. The Morgan fingerprint density at radius 2 is 2.06 bits per heavy atom. The highest BCUT2D eigenvalue weighted by molar-refractivity contribution is 6.02. The van der Waals surface area contributed by atoms with Gasteiger partial charge in [-0.1, -0.05) is 19.1 Å². The van der Waals surface area contributed by atoms with Gasteiger partial charge in [-0.15, -0.1) is 0 Å². The van der Waals surface area contributed by atoms with Gasteiger partial charge in [-0.05, 0) is 32.4 Å². The number of methoxy groups -OCH3 is 1. The van der Waals surface area contributed by atoms with Crippen LogP contribution in [0.1, 0.15) is 37.6 Å². The van der Waals surface area contributed by atoms with E-state index in [1.165, 1.54) is 0 Å². The molecular formula is C14H20O3. The monoisotopic (exact) mass is 236 g/mol. The predicted octanol–water partition coefficient (Wildman–Crippen LogP) is 3.08. The molecule has 0 aromatic heterocycles. The van der Waals surface area contributed by atoms with Crippen molar-refractivity contribution in [3.05, 3.63) is 29.8 Å². The topological polar surface area (TPSA) is 35.5 Å². The first-order valence-electron chi connectivity index (χ1n) is 5.90. The zero-order valence-corrected chi connectivity index (χ0v) is 10.9. The highest BCUT2D eigenvalue weighted by Gasteiger charge is 2.32. The molecular weight excluding hydrogens is 216 g/mol. The zero-order valence-electron chi connectivity index (χ0n) is 10.9. The molecule has 0 aliphatic rings. The van der Waals surface area contributed by atoms with Gasteiger partial charge in [0.05, 0.1) is 7.11 Å².